The zero-order valence-electron chi connectivity index (χ0n) is 23.3. The van der Waals surface area contributed by atoms with Crippen LogP contribution in [-0.4, -0.2) is 75.7 Å². The summed E-state index contributed by atoms with van der Waals surface area (Å²) in [5.74, 6) is 1.40. The van der Waals surface area contributed by atoms with Crippen LogP contribution in [0.25, 0.3) is 0 Å². The molecule has 4 aliphatic carbocycles. The number of rotatable bonds is 5. The first-order valence-electron chi connectivity index (χ1n) is 15.0. The Hall–Kier alpha value is -0.740. The van der Waals surface area contributed by atoms with Gasteiger partial charge in [-0.15, -0.1) is 0 Å². The number of amides is 1. The van der Waals surface area contributed by atoms with Crippen molar-refractivity contribution < 1.29 is 33.1 Å². The maximum atomic E-state index is 13.0. The lowest BCUT2D eigenvalue weighted by Gasteiger charge is -2.63. The van der Waals surface area contributed by atoms with E-state index in [0.29, 0.717) is 44.6 Å². The van der Waals surface area contributed by atoms with Crippen LogP contribution < -0.4 is 0 Å². The van der Waals surface area contributed by atoms with E-state index in [4.69, 9.17) is 0 Å². The SMILES string of the molecule is CC(CCC(=O)N1CCCC(S(=O)(=O)O)C1)C1CCC2C3C(O)CC4CC(O)CCC4(C)C3CC(O)C12C. The highest BCUT2D eigenvalue weighted by Gasteiger charge is 2.65. The van der Waals surface area contributed by atoms with Gasteiger partial charge in [-0.05, 0) is 111 Å². The first kappa shape index (κ1) is 28.8. The topological polar surface area (TPSA) is 135 Å². The number of hydrogen-bond acceptors (Lipinski definition) is 6. The Kier molecular flexibility index (Phi) is 7.78. The highest BCUT2D eigenvalue weighted by Crippen LogP contribution is 2.68. The molecule has 1 heterocycles. The number of carbonyl (C=O) groups is 1. The zero-order chi connectivity index (χ0) is 27.6. The minimum atomic E-state index is -4.15. The van der Waals surface area contributed by atoms with Crippen molar-refractivity contribution in [2.45, 2.75) is 115 Å². The number of aliphatic hydroxyl groups excluding tert-OH is 3. The fraction of sp³-hybridized carbons (Fsp3) is 0.966. The van der Waals surface area contributed by atoms with Crippen LogP contribution in [0.1, 0.15) is 91.4 Å². The highest BCUT2D eigenvalue weighted by atomic mass is 32.2. The minimum absolute atomic E-state index is 0.0515. The summed E-state index contributed by atoms with van der Waals surface area (Å²) in [6.45, 7) is 7.33. The van der Waals surface area contributed by atoms with Crippen LogP contribution in [0.3, 0.4) is 0 Å². The molecule has 0 radical (unpaired) electrons. The summed E-state index contributed by atoms with van der Waals surface area (Å²) >= 11 is 0. The maximum absolute atomic E-state index is 13.0. The molecule has 5 fully saturated rings. The quantitative estimate of drug-likeness (QED) is 0.383. The van der Waals surface area contributed by atoms with Crippen molar-refractivity contribution in [1.29, 1.82) is 0 Å². The van der Waals surface area contributed by atoms with E-state index < -0.39 is 27.6 Å². The fourth-order valence-corrected chi connectivity index (χ4v) is 11.1. The molecule has 1 amide bonds. The molecule has 8 nitrogen and oxygen atoms in total. The van der Waals surface area contributed by atoms with Gasteiger partial charge in [-0.25, -0.2) is 0 Å². The monoisotopic (exact) mass is 555 g/mol. The van der Waals surface area contributed by atoms with Crippen molar-refractivity contribution >= 4 is 16.0 Å². The smallest absolute Gasteiger partial charge is 0.269 e. The van der Waals surface area contributed by atoms with Crippen LogP contribution >= 0.6 is 0 Å². The molecule has 0 aromatic heterocycles. The molecular weight excluding hydrogens is 506 g/mol. The number of nitrogens with zero attached hydrogens (tertiary/aromatic N) is 1. The second-order valence-corrected chi connectivity index (χ2v) is 15.9. The van der Waals surface area contributed by atoms with Crippen LogP contribution in [0.15, 0.2) is 0 Å². The average molecular weight is 556 g/mol. The van der Waals surface area contributed by atoms with Crippen molar-refractivity contribution in [3.05, 3.63) is 0 Å². The van der Waals surface area contributed by atoms with E-state index in [-0.39, 0.29) is 59.0 Å². The van der Waals surface area contributed by atoms with Gasteiger partial charge in [-0.1, -0.05) is 20.8 Å². The minimum Gasteiger partial charge on any atom is -0.393 e. The number of aliphatic hydroxyl groups is 3. The molecule has 12 unspecified atom stereocenters. The Bertz CT molecular complexity index is 1000. The Morgan fingerprint density at radius 3 is 2.47 bits per heavy atom. The van der Waals surface area contributed by atoms with Gasteiger partial charge in [0.2, 0.25) is 5.91 Å². The molecule has 38 heavy (non-hydrogen) atoms. The third-order valence-electron chi connectivity index (χ3n) is 12.5. The van der Waals surface area contributed by atoms with Gasteiger partial charge in [0.1, 0.15) is 5.25 Å². The second-order valence-electron chi connectivity index (χ2n) is 14.2. The molecule has 5 aliphatic rings. The number of hydrogen-bond donors (Lipinski definition) is 4. The van der Waals surface area contributed by atoms with Crippen molar-refractivity contribution in [2.75, 3.05) is 13.1 Å². The highest BCUT2D eigenvalue weighted by molar-refractivity contribution is 7.86. The second kappa shape index (κ2) is 10.3. The lowest BCUT2D eigenvalue weighted by Crippen LogP contribution is -2.62. The summed E-state index contributed by atoms with van der Waals surface area (Å²) in [4.78, 5) is 14.6. The zero-order valence-corrected chi connectivity index (χ0v) is 24.2. The van der Waals surface area contributed by atoms with Gasteiger partial charge in [0.05, 0.1) is 18.3 Å². The Labute approximate surface area is 228 Å². The molecule has 9 heteroatoms. The van der Waals surface area contributed by atoms with Crippen LogP contribution in [0.4, 0.5) is 0 Å². The summed E-state index contributed by atoms with van der Waals surface area (Å²) in [5.41, 5.74) is -0.251. The number of piperidine rings is 1. The van der Waals surface area contributed by atoms with Gasteiger partial charge < -0.3 is 20.2 Å². The van der Waals surface area contributed by atoms with E-state index in [9.17, 15) is 33.1 Å². The molecule has 218 valence electrons. The van der Waals surface area contributed by atoms with Crippen molar-refractivity contribution in [3.8, 4) is 0 Å². The van der Waals surface area contributed by atoms with Gasteiger partial charge >= 0.3 is 0 Å². The molecule has 0 aromatic rings. The standard InChI is InChI=1S/C29H49NO7S/c1-17(6-9-26(34)30-12-4-5-20(16-30)38(35,36)37)21-7-8-22-27-23(15-25(33)29(21,22)3)28(2)11-10-19(31)13-18(28)14-24(27)32/h17-25,27,31-33H,4-16H2,1-3H3,(H,35,36,37). The van der Waals surface area contributed by atoms with E-state index >= 15 is 0 Å². The molecule has 0 bridgehead atoms. The Morgan fingerprint density at radius 1 is 1.03 bits per heavy atom. The van der Waals surface area contributed by atoms with Crippen LogP contribution in [0.5, 0.6) is 0 Å². The van der Waals surface area contributed by atoms with Crippen LogP contribution in [-0.2, 0) is 14.9 Å². The van der Waals surface area contributed by atoms with Crippen molar-refractivity contribution in [2.24, 2.45) is 46.3 Å². The molecule has 0 aromatic carbocycles. The van der Waals surface area contributed by atoms with Crippen molar-refractivity contribution in [1.82, 2.24) is 4.90 Å². The van der Waals surface area contributed by atoms with E-state index in [2.05, 4.69) is 20.8 Å². The van der Waals surface area contributed by atoms with E-state index in [1.165, 1.54) is 0 Å². The molecule has 4 saturated carbocycles. The first-order chi connectivity index (χ1) is 17.8. The Balaban J connectivity index is 1.26. The third-order valence-corrected chi connectivity index (χ3v) is 13.7. The lowest BCUT2D eigenvalue weighted by atomic mass is 9.43. The largest absolute Gasteiger partial charge is 0.393 e. The lowest BCUT2D eigenvalue weighted by molar-refractivity contribution is -0.207. The summed E-state index contributed by atoms with van der Waals surface area (Å²) in [5, 5.41) is 32.6. The molecule has 1 saturated heterocycles. The van der Waals surface area contributed by atoms with Gasteiger partial charge in [-0.2, -0.15) is 8.42 Å². The van der Waals surface area contributed by atoms with Crippen LogP contribution in [0.2, 0.25) is 0 Å². The molecule has 12 atom stereocenters. The number of fused-ring (bicyclic) bond motifs is 5. The third kappa shape index (κ3) is 4.76. The maximum Gasteiger partial charge on any atom is 0.269 e. The first-order valence-corrected chi connectivity index (χ1v) is 16.5. The van der Waals surface area contributed by atoms with Gasteiger partial charge in [0.25, 0.3) is 10.1 Å². The molecule has 5 rings (SSSR count). The summed E-state index contributed by atoms with van der Waals surface area (Å²) in [6.07, 6.45) is 6.77. The molecule has 1 aliphatic heterocycles. The predicted molar refractivity (Wildman–Crippen MR) is 144 cm³/mol. The number of carbonyl (C=O) groups excluding carboxylic acids is 1. The normalized spacial score (nSPS) is 48.1. The number of likely N-dealkylation sites (tertiary alicyclic amines) is 1. The Morgan fingerprint density at radius 2 is 1.76 bits per heavy atom. The van der Waals surface area contributed by atoms with Gasteiger partial charge in [0, 0.05) is 19.5 Å². The van der Waals surface area contributed by atoms with E-state index in [0.717, 1.165) is 38.5 Å². The van der Waals surface area contributed by atoms with Gasteiger partial charge in [-0.3, -0.25) is 9.35 Å². The van der Waals surface area contributed by atoms with Crippen LogP contribution in [0, 0.1) is 46.3 Å². The van der Waals surface area contributed by atoms with E-state index in [1.54, 1.807) is 4.90 Å². The fourth-order valence-electron chi connectivity index (χ4n) is 10.2. The average Bonchev–Trinajstić information content (AvgIpc) is 3.22. The summed E-state index contributed by atoms with van der Waals surface area (Å²) in [6, 6.07) is 0. The van der Waals surface area contributed by atoms with E-state index in [1.807, 2.05) is 0 Å². The molecular formula is C29H49NO7S. The molecule has 0 spiro atoms. The summed E-state index contributed by atoms with van der Waals surface area (Å²) in [7, 11) is -4.15. The van der Waals surface area contributed by atoms with Crippen molar-refractivity contribution in [3.63, 3.8) is 0 Å². The molecule has 4 N–H and O–H groups in total. The predicted octanol–water partition coefficient (Wildman–Crippen LogP) is 3.24. The summed E-state index contributed by atoms with van der Waals surface area (Å²) < 4.78 is 32.6. The van der Waals surface area contributed by atoms with Gasteiger partial charge in [0.15, 0.2) is 0 Å².